The zero-order chi connectivity index (χ0) is 16.0. The van der Waals surface area contributed by atoms with E-state index in [1.807, 2.05) is 0 Å². The number of likely N-dealkylation sites (N-methyl/N-ethyl adjacent to an activating group) is 2. The van der Waals surface area contributed by atoms with E-state index in [0.717, 1.165) is 5.56 Å². The van der Waals surface area contributed by atoms with E-state index in [4.69, 9.17) is 10.5 Å². The van der Waals surface area contributed by atoms with Gasteiger partial charge in [0.05, 0.1) is 12.1 Å². The molecule has 2 amide bonds. The van der Waals surface area contributed by atoms with Crippen LogP contribution in [0, 0.1) is 6.92 Å². The number of hydrogen-bond acceptors (Lipinski definition) is 5. The van der Waals surface area contributed by atoms with E-state index >= 15 is 0 Å². The summed E-state index contributed by atoms with van der Waals surface area (Å²) >= 11 is 0. The Labute approximate surface area is 123 Å². The van der Waals surface area contributed by atoms with Crippen LogP contribution in [0.4, 0.5) is 5.69 Å². The number of anilines is 1. The molecule has 114 valence electrons. The second-order valence-corrected chi connectivity index (χ2v) is 4.54. The first-order chi connectivity index (χ1) is 9.86. The molecule has 0 aliphatic carbocycles. The second-order valence-electron chi connectivity index (χ2n) is 4.54. The maximum atomic E-state index is 11.9. The summed E-state index contributed by atoms with van der Waals surface area (Å²) in [6.45, 7) is 1.23. The fraction of sp³-hybridized carbons (Fsp3) is 0.357. The summed E-state index contributed by atoms with van der Waals surface area (Å²) in [5.74, 6) is -1.45. The average molecular weight is 293 g/mol. The van der Waals surface area contributed by atoms with Gasteiger partial charge in [-0.25, -0.2) is 4.79 Å². The highest BCUT2D eigenvalue weighted by atomic mass is 16.5. The van der Waals surface area contributed by atoms with Crippen molar-refractivity contribution in [2.45, 2.75) is 6.92 Å². The number of carbonyl (C=O) groups excluding carboxylic acids is 3. The number of hydrogen-bond donors (Lipinski definition) is 2. The highest BCUT2D eigenvalue weighted by Gasteiger charge is 2.17. The third-order valence-electron chi connectivity index (χ3n) is 2.96. The first-order valence-electron chi connectivity index (χ1n) is 6.33. The third-order valence-corrected chi connectivity index (χ3v) is 2.96. The Kier molecular flexibility index (Phi) is 5.71. The van der Waals surface area contributed by atoms with E-state index in [9.17, 15) is 14.4 Å². The smallest absolute Gasteiger partial charge is 0.340 e. The van der Waals surface area contributed by atoms with E-state index in [1.54, 1.807) is 19.1 Å². The normalized spacial score (nSPS) is 9.86. The van der Waals surface area contributed by atoms with Gasteiger partial charge in [0.25, 0.3) is 5.91 Å². The monoisotopic (exact) mass is 293 g/mol. The molecule has 0 heterocycles. The molecule has 1 rings (SSSR count). The standard InChI is InChI=1S/C14H19N3O4/c1-9-5-4-6-10(13(9)15)14(20)21-8-12(19)17(3)7-11(18)16-2/h4-6H,7-8,15H2,1-3H3,(H,16,18). The summed E-state index contributed by atoms with van der Waals surface area (Å²) in [5, 5.41) is 2.40. The molecule has 1 aromatic carbocycles. The number of esters is 1. The van der Waals surface area contributed by atoms with Crippen LogP contribution in [-0.2, 0) is 14.3 Å². The molecule has 0 spiro atoms. The molecule has 0 unspecified atom stereocenters. The Bertz CT molecular complexity index is 557. The van der Waals surface area contributed by atoms with Gasteiger partial charge in [0.15, 0.2) is 6.61 Å². The second kappa shape index (κ2) is 7.28. The lowest BCUT2D eigenvalue weighted by Crippen LogP contribution is -2.39. The minimum absolute atomic E-state index is 0.0978. The van der Waals surface area contributed by atoms with Crippen LogP contribution in [0.15, 0.2) is 18.2 Å². The maximum Gasteiger partial charge on any atom is 0.340 e. The van der Waals surface area contributed by atoms with Gasteiger partial charge < -0.3 is 20.7 Å². The largest absolute Gasteiger partial charge is 0.452 e. The van der Waals surface area contributed by atoms with Gasteiger partial charge in [-0.3, -0.25) is 9.59 Å². The van der Waals surface area contributed by atoms with Crippen molar-refractivity contribution in [3.05, 3.63) is 29.3 Å². The number of benzene rings is 1. The molecule has 0 bridgehead atoms. The first kappa shape index (κ1) is 16.5. The number of ether oxygens (including phenoxy) is 1. The number of nitrogen functional groups attached to an aromatic ring is 1. The van der Waals surface area contributed by atoms with Gasteiger partial charge >= 0.3 is 5.97 Å². The predicted molar refractivity (Wildman–Crippen MR) is 77.6 cm³/mol. The van der Waals surface area contributed by atoms with Gasteiger partial charge in [0.1, 0.15) is 0 Å². The first-order valence-corrected chi connectivity index (χ1v) is 6.33. The van der Waals surface area contributed by atoms with E-state index in [1.165, 1.54) is 25.1 Å². The van der Waals surface area contributed by atoms with Gasteiger partial charge in [-0.05, 0) is 18.6 Å². The quantitative estimate of drug-likeness (QED) is 0.585. The lowest BCUT2D eigenvalue weighted by atomic mass is 10.1. The third kappa shape index (κ3) is 4.48. The molecule has 0 atom stereocenters. The minimum Gasteiger partial charge on any atom is -0.452 e. The van der Waals surface area contributed by atoms with E-state index in [2.05, 4.69) is 5.32 Å². The Morgan fingerprint density at radius 3 is 2.62 bits per heavy atom. The van der Waals surface area contributed by atoms with Crippen molar-refractivity contribution in [3.8, 4) is 0 Å². The predicted octanol–water partition coefficient (Wildman–Crippen LogP) is -0.0616. The number of carbonyl (C=O) groups is 3. The molecular formula is C14H19N3O4. The van der Waals surface area contributed by atoms with Crippen LogP contribution in [0.2, 0.25) is 0 Å². The van der Waals surface area contributed by atoms with Gasteiger partial charge in [-0.2, -0.15) is 0 Å². The maximum absolute atomic E-state index is 11.9. The van der Waals surface area contributed by atoms with Crippen LogP contribution in [-0.4, -0.2) is 49.9 Å². The molecule has 0 aromatic heterocycles. The summed E-state index contributed by atoms with van der Waals surface area (Å²) in [5.41, 5.74) is 7.09. The number of para-hydroxylation sites is 1. The van der Waals surface area contributed by atoms with Crippen molar-refractivity contribution in [2.24, 2.45) is 0 Å². The number of aryl methyl sites for hydroxylation is 1. The highest BCUT2D eigenvalue weighted by Crippen LogP contribution is 2.17. The molecule has 7 nitrogen and oxygen atoms in total. The zero-order valence-corrected chi connectivity index (χ0v) is 12.3. The van der Waals surface area contributed by atoms with Crippen molar-refractivity contribution in [1.29, 1.82) is 0 Å². The van der Waals surface area contributed by atoms with Crippen LogP contribution in [0.3, 0.4) is 0 Å². The Balaban J connectivity index is 2.58. The molecule has 7 heteroatoms. The van der Waals surface area contributed by atoms with Crippen LogP contribution in [0.5, 0.6) is 0 Å². The highest BCUT2D eigenvalue weighted by molar-refractivity contribution is 5.97. The van der Waals surface area contributed by atoms with Gasteiger partial charge in [0.2, 0.25) is 5.91 Å². The zero-order valence-electron chi connectivity index (χ0n) is 12.3. The molecule has 0 fully saturated rings. The van der Waals surface area contributed by atoms with Crippen LogP contribution in [0.1, 0.15) is 15.9 Å². The molecule has 21 heavy (non-hydrogen) atoms. The number of amides is 2. The van der Waals surface area contributed by atoms with E-state index in [-0.39, 0.29) is 18.0 Å². The molecule has 0 aliphatic rings. The molecule has 0 aliphatic heterocycles. The number of nitrogens with two attached hydrogens (primary N) is 1. The van der Waals surface area contributed by atoms with Crippen LogP contribution >= 0.6 is 0 Å². The van der Waals surface area contributed by atoms with E-state index < -0.39 is 18.5 Å². The summed E-state index contributed by atoms with van der Waals surface area (Å²) in [4.78, 5) is 35.9. The van der Waals surface area contributed by atoms with Gasteiger partial charge in [-0.15, -0.1) is 0 Å². The van der Waals surface area contributed by atoms with Crippen molar-refractivity contribution in [3.63, 3.8) is 0 Å². The van der Waals surface area contributed by atoms with Gasteiger partial charge in [0, 0.05) is 19.8 Å². The van der Waals surface area contributed by atoms with Gasteiger partial charge in [-0.1, -0.05) is 12.1 Å². The van der Waals surface area contributed by atoms with Crippen LogP contribution in [0.25, 0.3) is 0 Å². The topological polar surface area (TPSA) is 102 Å². The Morgan fingerprint density at radius 1 is 1.33 bits per heavy atom. The lowest BCUT2D eigenvalue weighted by Gasteiger charge is -2.16. The molecule has 0 radical (unpaired) electrons. The minimum atomic E-state index is -0.669. The number of nitrogens with zero attached hydrogens (tertiary/aromatic N) is 1. The molecule has 1 aromatic rings. The van der Waals surface area contributed by atoms with Crippen molar-refractivity contribution in [2.75, 3.05) is 33.0 Å². The summed E-state index contributed by atoms with van der Waals surface area (Å²) in [6, 6.07) is 4.99. The molecule has 0 saturated heterocycles. The average Bonchev–Trinajstić information content (AvgIpc) is 2.46. The Hall–Kier alpha value is -2.57. The number of rotatable bonds is 5. The summed E-state index contributed by atoms with van der Waals surface area (Å²) in [6.07, 6.45) is 0. The SMILES string of the molecule is CNC(=O)CN(C)C(=O)COC(=O)c1cccc(C)c1N. The van der Waals surface area contributed by atoms with Crippen molar-refractivity contribution in [1.82, 2.24) is 10.2 Å². The lowest BCUT2D eigenvalue weighted by molar-refractivity contribution is -0.137. The summed E-state index contributed by atoms with van der Waals surface area (Å²) in [7, 11) is 2.92. The van der Waals surface area contributed by atoms with E-state index in [0.29, 0.717) is 5.69 Å². The molecule has 3 N–H and O–H groups in total. The molecular weight excluding hydrogens is 274 g/mol. The van der Waals surface area contributed by atoms with Crippen molar-refractivity contribution < 1.29 is 19.1 Å². The summed E-state index contributed by atoms with van der Waals surface area (Å²) < 4.78 is 4.92. The fourth-order valence-electron chi connectivity index (χ4n) is 1.56. The van der Waals surface area contributed by atoms with Crippen molar-refractivity contribution >= 4 is 23.5 Å². The number of nitrogens with one attached hydrogen (secondary N) is 1. The van der Waals surface area contributed by atoms with Crippen LogP contribution < -0.4 is 11.1 Å². The Morgan fingerprint density at radius 2 is 2.00 bits per heavy atom. The fourth-order valence-corrected chi connectivity index (χ4v) is 1.56. The molecule has 0 saturated carbocycles.